The van der Waals surface area contributed by atoms with Crippen LogP contribution >= 0.6 is 0 Å². The maximum Gasteiger partial charge on any atom is 0.252 e. The van der Waals surface area contributed by atoms with E-state index in [-0.39, 0.29) is 23.0 Å². The van der Waals surface area contributed by atoms with Gasteiger partial charge in [0, 0.05) is 73.8 Å². The van der Waals surface area contributed by atoms with Crippen LogP contribution < -0.4 is 35.8 Å². The molecule has 70 heavy (non-hydrogen) atoms. The second kappa shape index (κ2) is 16.2. The Bertz CT molecular complexity index is 3390. The lowest BCUT2D eigenvalue weighted by Gasteiger charge is -2.45. The highest BCUT2D eigenvalue weighted by molar-refractivity contribution is 7.00. The number of hydrogen-bond acceptors (Lipinski definition) is 5. The highest BCUT2D eigenvalue weighted by Crippen LogP contribution is 2.50. The van der Waals surface area contributed by atoms with Crippen molar-refractivity contribution in [2.45, 2.75) is 105 Å². The van der Waals surface area contributed by atoms with Crippen molar-refractivity contribution in [3.05, 3.63) is 187 Å². The van der Waals surface area contributed by atoms with Gasteiger partial charge in [0.2, 0.25) is 0 Å². The molecule has 6 heteroatoms. The van der Waals surface area contributed by atoms with Gasteiger partial charge in [-0.2, -0.15) is 0 Å². The summed E-state index contributed by atoms with van der Waals surface area (Å²) in [7, 11) is 0. The second-order valence-corrected chi connectivity index (χ2v) is 23.6. The zero-order valence-electron chi connectivity index (χ0n) is 42.9. The summed E-state index contributed by atoms with van der Waals surface area (Å²) in [5.74, 6) is 0.813. The average molecular weight is 918 g/mol. The maximum absolute atomic E-state index is 6.99. The Balaban J connectivity index is 1.22. The molecular formula is C64H64BN3O2. The van der Waals surface area contributed by atoms with Crippen molar-refractivity contribution in [3.8, 4) is 5.75 Å². The smallest absolute Gasteiger partial charge is 0.252 e. The number of anilines is 9. The maximum atomic E-state index is 6.99. The fraction of sp³-hybridized carbons (Fsp3) is 0.250. The molecule has 0 N–H and O–H groups in total. The molecule has 9 aromatic rings. The lowest BCUT2D eigenvalue weighted by atomic mass is 9.33. The largest absolute Gasteiger partial charge is 0.488 e. The third-order valence-corrected chi connectivity index (χ3v) is 14.3. The first kappa shape index (κ1) is 45.3. The molecule has 0 fully saturated rings. The van der Waals surface area contributed by atoms with Crippen molar-refractivity contribution >= 4 is 95.8 Å². The Morgan fingerprint density at radius 2 is 0.943 bits per heavy atom. The zero-order valence-corrected chi connectivity index (χ0v) is 42.9. The monoisotopic (exact) mass is 918 g/mol. The Hall–Kier alpha value is -7.18. The highest BCUT2D eigenvalue weighted by Gasteiger charge is 2.45. The molecule has 0 saturated heterocycles. The summed E-state index contributed by atoms with van der Waals surface area (Å²) < 4.78 is 12.9. The standard InChI is InChI=1S/C64H64BN3O2/c1-61(2,3)44-20-26-47(27-21-44)66(48-28-22-45(23-29-48)62(4,5)6)50-32-33-53-57(36-50)67(49-30-24-46(25-31-49)63(7,8)9)58-37-51(70-64(10,11)12)38-59-60(58)65(53)54-34-42-39-69-40-43(42)35-56(54)68(59)55-19-15-17-41-16-13-14-18-52(41)55/h13-40H,1-12H3. The van der Waals surface area contributed by atoms with E-state index >= 15 is 0 Å². The fourth-order valence-electron chi connectivity index (χ4n) is 10.7. The van der Waals surface area contributed by atoms with Gasteiger partial charge in [0.25, 0.3) is 6.71 Å². The molecule has 11 rings (SSSR count). The first-order valence-corrected chi connectivity index (χ1v) is 24.9. The number of rotatable bonds is 6. The molecular weight excluding hydrogens is 854 g/mol. The van der Waals surface area contributed by atoms with Crippen LogP contribution in [-0.2, 0) is 16.2 Å². The van der Waals surface area contributed by atoms with Crippen molar-refractivity contribution in [3.63, 3.8) is 0 Å². The van der Waals surface area contributed by atoms with Crippen LogP contribution in [0, 0.1) is 0 Å². The first-order chi connectivity index (χ1) is 33.2. The highest BCUT2D eigenvalue weighted by atomic mass is 16.5. The topological polar surface area (TPSA) is 32.1 Å². The Kier molecular flexibility index (Phi) is 10.5. The van der Waals surface area contributed by atoms with Gasteiger partial charge in [0.15, 0.2) is 0 Å². The molecule has 0 spiro atoms. The van der Waals surface area contributed by atoms with Crippen LogP contribution in [0.1, 0.15) is 99.8 Å². The van der Waals surface area contributed by atoms with E-state index in [2.05, 4.69) is 256 Å². The number of fused-ring (bicyclic) bond motifs is 6. The third-order valence-electron chi connectivity index (χ3n) is 14.3. The van der Waals surface area contributed by atoms with Crippen molar-refractivity contribution in [2.75, 3.05) is 14.7 Å². The van der Waals surface area contributed by atoms with E-state index in [4.69, 9.17) is 9.15 Å². The van der Waals surface area contributed by atoms with Crippen molar-refractivity contribution in [2.24, 2.45) is 0 Å². The molecule has 0 aliphatic carbocycles. The van der Waals surface area contributed by atoms with Crippen LogP contribution in [0.15, 0.2) is 175 Å². The molecule has 3 heterocycles. The van der Waals surface area contributed by atoms with Crippen LogP contribution in [0.5, 0.6) is 5.75 Å². The Morgan fingerprint density at radius 3 is 1.53 bits per heavy atom. The predicted molar refractivity (Wildman–Crippen MR) is 299 cm³/mol. The fourth-order valence-corrected chi connectivity index (χ4v) is 10.7. The van der Waals surface area contributed by atoms with Gasteiger partial charge in [-0.1, -0.05) is 147 Å². The molecule has 0 saturated carbocycles. The van der Waals surface area contributed by atoms with E-state index in [1.54, 1.807) is 0 Å². The molecule has 0 atom stereocenters. The molecule has 5 nitrogen and oxygen atoms in total. The summed E-state index contributed by atoms with van der Waals surface area (Å²) in [5, 5.41) is 4.51. The van der Waals surface area contributed by atoms with Crippen LogP contribution in [0.3, 0.4) is 0 Å². The molecule has 0 bridgehead atoms. The number of nitrogens with zero attached hydrogens (tertiary/aromatic N) is 3. The summed E-state index contributed by atoms with van der Waals surface area (Å²) >= 11 is 0. The van der Waals surface area contributed by atoms with Crippen LogP contribution in [0.4, 0.5) is 51.2 Å². The first-order valence-electron chi connectivity index (χ1n) is 24.9. The van der Waals surface area contributed by atoms with E-state index in [0.29, 0.717) is 0 Å². The average Bonchev–Trinajstić information content (AvgIpc) is 3.77. The number of furan rings is 1. The predicted octanol–water partition coefficient (Wildman–Crippen LogP) is 16.2. The van der Waals surface area contributed by atoms with E-state index in [0.717, 1.165) is 67.7 Å². The molecule has 8 aromatic carbocycles. The minimum Gasteiger partial charge on any atom is -0.488 e. The molecule has 0 amide bonds. The Morgan fingerprint density at radius 1 is 0.429 bits per heavy atom. The van der Waals surface area contributed by atoms with Gasteiger partial charge < -0.3 is 23.9 Å². The van der Waals surface area contributed by atoms with Gasteiger partial charge in [-0.3, -0.25) is 0 Å². The number of ether oxygens (including phenoxy) is 1. The number of benzene rings is 8. The van der Waals surface area contributed by atoms with Crippen molar-refractivity contribution in [1.82, 2.24) is 0 Å². The van der Waals surface area contributed by atoms with E-state index in [1.807, 2.05) is 12.5 Å². The van der Waals surface area contributed by atoms with Gasteiger partial charge in [0.1, 0.15) is 11.4 Å². The quantitative estimate of drug-likeness (QED) is 0.155. The minimum absolute atomic E-state index is 0.0110. The van der Waals surface area contributed by atoms with Crippen LogP contribution in [0.2, 0.25) is 0 Å². The molecule has 0 unspecified atom stereocenters. The Labute approximate surface area is 415 Å². The van der Waals surface area contributed by atoms with Crippen LogP contribution in [0.25, 0.3) is 21.5 Å². The second-order valence-electron chi connectivity index (χ2n) is 23.6. The van der Waals surface area contributed by atoms with Gasteiger partial charge in [-0.05, 0) is 136 Å². The summed E-state index contributed by atoms with van der Waals surface area (Å²) in [6.07, 6.45) is 3.76. The molecule has 1 aromatic heterocycles. The summed E-state index contributed by atoms with van der Waals surface area (Å²) in [6, 6.07) is 59.3. The third kappa shape index (κ3) is 7.92. The normalized spacial score (nSPS) is 13.6. The van der Waals surface area contributed by atoms with E-state index in [9.17, 15) is 0 Å². The van der Waals surface area contributed by atoms with Crippen LogP contribution in [-0.4, -0.2) is 12.3 Å². The van der Waals surface area contributed by atoms with E-state index in [1.165, 1.54) is 43.9 Å². The molecule has 2 aliphatic heterocycles. The van der Waals surface area contributed by atoms with Gasteiger partial charge in [0.05, 0.1) is 18.2 Å². The van der Waals surface area contributed by atoms with E-state index < -0.39 is 5.60 Å². The summed E-state index contributed by atoms with van der Waals surface area (Å²) in [5.41, 5.74) is 17.1. The van der Waals surface area contributed by atoms with Gasteiger partial charge >= 0.3 is 0 Å². The lowest BCUT2D eigenvalue weighted by molar-refractivity contribution is 0.131. The lowest BCUT2D eigenvalue weighted by Crippen LogP contribution is -2.61. The van der Waals surface area contributed by atoms with Crippen molar-refractivity contribution in [1.29, 1.82) is 0 Å². The number of hydrogen-bond donors (Lipinski definition) is 0. The summed E-state index contributed by atoms with van der Waals surface area (Å²) in [4.78, 5) is 7.41. The zero-order chi connectivity index (χ0) is 49.1. The molecule has 350 valence electrons. The SMILES string of the molecule is CC(C)(C)Oc1cc2c3c(c1)N(c1cccc4ccccc14)c1cc4cocc4cc1B3c1ccc(N(c3ccc(C(C)(C)C)cc3)c3ccc(C(C)(C)C)cc3)cc1N2c1ccc(C(C)(C)C)cc1. The van der Waals surface area contributed by atoms with Gasteiger partial charge in [-0.25, -0.2) is 0 Å². The van der Waals surface area contributed by atoms with Gasteiger partial charge in [-0.15, -0.1) is 0 Å². The van der Waals surface area contributed by atoms with Crippen molar-refractivity contribution < 1.29 is 9.15 Å². The molecule has 0 radical (unpaired) electrons. The minimum atomic E-state index is -0.454. The summed E-state index contributed by atoms with van der Waals surface area (Å²) in [6.45, 7) is 26.8. The molecule has 2 aliphatic rings.